The van der Waals surface area contributed by atoms with Crippen molar-refractivity contribution in [2.45, 2.75) is 19.4 Å². The van der Waals surface area contributed by atoms with Crippen molar-refractivity contribution in [1.82, 2.24) is 9.66 Å². The van der Waals surface area contributed by atoms with Crippen molar-refractivity contribution in [3.8, 4) is 0 Å². The first-order valence-electron chi connectivity index (χ1n) is 3.74. The topological polar surface area (TPSA) is 29.9 Å². The van der Waals surface area contributed by atoms with Gasteiger partial charge in [0.05, 0.1) is 6.04 Å². The van der Waals surface area contributed by atoms with E-state index >= 15 is 0 Å². The van der Waals surface area contributed by atoms with Crippen molar-refractivity contribution in [3.63, 3.8) is 0 Å². The highest BCUT2D eigenvalue weighted by Crippen LogP contribution is 1.93. The van der Waals surface area contributed by atoms with E-state index in [9.17, 15) is 0 Å². The van der Waals surface area contributed by atoms with E-state index in [1.807, 2.05) is 16.9 Å². The van der Waals surface area contributed by atoms with Crippen LogP contribution in [0.2, 0.25) is 0 Å². The Hall–Kier alpha value is -1.25. The van der Waals surface area contributed by atoms with Gasteiger partial charge in [-0.25, -0.2) is 4.98 Å². The maximum atomic E-state index is 3.91. The maximum absolute atomic E-state index is 3.91. The van der Waals surface area contributed by atoms with E-state index in [0.717, 1.165) is 6.42 Å². The summed E-state index contributed by atoms with van der Waals surface area (Å²) in [6, 6.07) is 0.323. The van der Waals surface area contributed by atoms with Crippen LogP contribution in [-0.2, 0) is 0 Å². The summed E-state index contributed by atoms with van der Waals surface area (Å²) in [5.74, 6) is 0. The maximum Gasteiger partial charge on any atom is 0.114 e. The molecule has 1 unspecified atom stereocenters. The van der Waals surface area contributed by atoms with E-state index < -0.39 is 0 Å². The number of aromatic nitrogens is 2. The summed E-state index contributed by atoms with van der Waals surface area (Å²) in [6.45, 7) is 5.82. The van der Waals surface area contributed by atoms with E-state index in [2.05, 4.69) is 23.9 Å². The standard InChI is InChI=1S/C8H13N3/c1-3-8(4-2)10-11-6-5-9-7-11/h3,5-8,10H,1,4H2,2H3. The fourth-order valence-corrected chi connectivity index (χ4v) is 0.838. The van der Waals surface area contributed by atoms with Gasteiger partial charge in [0, 0.05) is 12.4 Å². The fraction of sp³-hybridized carbons (Fsp3) is 0.375. The second-order valence-corrected chi connectivity index (χ2v) is 2.35. The molecule has 1 heterocycles. The molecule has 0 saturated carbocycles. The number of hydrogen-bond acceptors (Lipinski definition) is 2. The Balaban J connectivity index is 2.47. The molecule has 60 valence electrons. The van der Waals surface area contributed by atoms with Crippen LogP contribution in [0.15, 0.2) is 31.4 Å². The Bertz CT molecular complexity index is 203. The Kier molecular flexibility index (Phi) is 2.72. The second kappa shape index (κ2) is 3.81. The van der Waals surface area contributed by atoms with Crippen LogP contribution < -0.4 is 5.43 Å². The lowest BCUT2D eigenvalue weighted by atomic mass is 10.2. The van der Waals surface area contributed by atoms with Crippen LogP contribution in [0, 0.1) is 0 Å². The zero-order valence-corrected chi connectivity index (χ0v) is 6.70. The van der Waals surface area contributed by atoms with Crippen molar-refractivity contribution in [3.05, 3.63) is 31.4 Å². The number of nitrogens with one attached hydrogen (secondary N) is 1. The normalized spacial score (nSPS) is 12.5. The van der Waals surface area contributed by atoms with E-state index in [0.29, 0.717) is 6.04 Å². The van der Waals surface area contributed by atoms with Gasteiger partial charge in [0.25, 0.3) is 0 Å². The van der Waals surface area contributed by atoms with Gasteiger partial charge >= 0.3 is 0 Å². The first-order valence-corrected chi connectivity index (χ1v) is 3.74. The third-order valence-electron chi connectivity index (χ3n) is 1.54. The lowest BCUT2D eigenvalue weighted by Crippen LogP contribution is -2.23. The summed E-state index contributed by atoms with van der Waals surface area (Å²) in [5, 5.41) is 0. The summed E-state index contributed by atoms with van der Waals surface area (Å²) in [7, 11) is 0. The molecule has 1 rings (SSSR count). The fourth-order valence-electron chi connectivity index (χ4n) is 0.838. The molecule has 1 atom stereocenters. The lowest BCUT2D eigenvalue weighted by Gasteiger charge is -2.13. The van der Waals surface area contributed by atoms with Gasteiger partial charge in [-0.3, -0.25) is 4.68 Å². The highest BCUT2D eigenvalue weighted by molar-refractivity contribution is 4.95. The van der Waals surface area contributed by atoms with Crippen molar-refractivity contribution in [2.75, 3.05) is 5.43 Å². The van der Waals surface area contributed by atoms with Gasteiger partial charge in [-0.1, -0.05) is 13.0 Å². The Morgan fingerprint density at radius 2 is 2.64 bits per heavy atom. The minimum Gasteiger partial charge on any atom is -0.318 e. The minimum absolute atomic E-state index is 0.323. The number of hydrogen-bond donors (Lipinski definition) is 1. The average Bonchev–Trinajstić information content (AvgIpc) is 2.52. The second-order valence-electron chi connectivity index (χ2n) is 2.35. The SMILES string of the molecule is C=CC(CC)Nn1ccnc1. The molecule has 3 heteroatoms. The van der Waals surface area contributed by atoms with E-state index in [1.54, 1.807) is 12.5 Å². The first kappa shape index (κ1) is 7.85. The molecule has 0 fully saturated rings. The molecule has 0 saturated heterocycles. The first-order chi connectivity index (χ1) is 5.36. The van der Waals surface area contributed by atoms with Crippen molar-refractivity contribution in [1.29, 1.82) is 0 Å². The minimum atomic E-state index is 0.323. The highest BCUT2D eigenvalue weighted by atomic mass is 15.4. The van der Waals surface area contributed by atoms with Crippen LogP contribution in [0.25, 0.3) is 0 Å². The smallest absolute Gasteiger partial charge is 0.114 e. The Morgan fingerprint density at radius 1 is 1.82 bits per heavy atom. The van der Waals surface area contributed by atoms with Crippen LogP contribution >= 0.6 is 0 Å². The van der Waals surface area contributed by atoms with Crippen molar-refractivity contribution < 1.29 is 0 Å². The summed E-state index contributed by atoms with van der Waals surface area (Å²) in [4.78, 5) is 3.91. The molecule has 0 radical (unpaired) electrons. The zero-order chi connectivity index (χ0) is 8.10. The quantitative estimate of drug-likeness (QED) is 0.659. The Morgan fingerprint density at radius 3 is 3.09 bits per heavy atom. The molecule has 0 bridgehead atoms. The molecule has 1 N–H and O–H groups in total. The zero-order valence-electron chi connectivity index (χ0n) is 6.70. The molecule has 0 aromatic carbocycles. The van der Waals surface area contributed by atoms with Gasteiger partial charge in [-0.2, -0.15) is 0 Å². The van der Waals surface area contributed by atoms with Gasteiger partial charge in [0.2, 0.25) is 0 Å². The summed E-state index contributed by atoms with van der Waals surface area (Å²) in [5.41, 5.74) is 3.19. The molecule has 0 aliphatic rings. The molecule has 3 nitrogen and oxygen atoms in total. The largest absolute Gasteiger partial charge is 0.318 e. The predicted octanol–water partition coefficient (Wildman–Crippen LogP) is 1.39. The van der Waals surface area contributed by atoms with E-state index in [1.165, 1.54) is 0 Å². The van der Waals surface area contributed by atoms with Crippen LogP contribution in [0.3, 0.4) is 0 Å². The summed E-state index contributed by atoms with van der Waals surface area (Å²) in [6.07, 6.45) is 8.25. The van der Waals surface area contributed by atoms with Gasteiger partial charge in [0.15, 0.2) is 0 Å². The number of nitrogens with zero attached hydrogens (tertiary/aromatic N) is 2. The van der Waals surface area contributed by atoms with Gasteiger partial charge < -0.3 is 5.43 Å². The molecule has 0 aliphatic heterocycles. The van der Waals surface area contributed by atoms with Crippen LogP contribution in [-0.4, -0.2) is 15.7 Å². The van der Waals surface area contributed by atoms with Crippen LogP contribution in [0.1, 0.15) is 13.3 Å². The third-order valence-corrected chi connectivity index (χ3v) is 1.54. The average molecular weight is 151 g/mol. The predicted molar refractivity (Wildman–Crippen MR) is 45.9 cm³/mol. The van der Waals surface area contributed by atoms with E-state index in [-0.39, 0.29) is 0 Å². The summed E-state index contributed by atoms with van der Waals surface area (Å²) < 4.78 is 1.83. The summed E-state index contributed by atoms with van der Waals surface area (Å²) >= 11 is 0. The lowest BCUT2D eigenvalue weighted by molar-refractivity contribution is 0.713. The monoisotopic (exact) mass is 151 g/mol. The van der Waals surface area contributed by atoms with E-state index in [4.69, 9.17) is 0 Å². The van der Waals surface area contributed by atoms with Gasteiger partial charge in [0.1, 0.15) is 6.33 Å². The van der Waals surface area contributed by atoms with Gasteiger partial charge in [-0.05, 0) is 6.42 Å². The number of rotatable bonds is 4. The van der Waals surface area contributed by atoms with Crippen LogP contribution in [0.4, 0.5) is 0 Å². The molecular formula is C8H13N3. The van der Waals surface area contributed by atoms with Crippen molar-refractivity contribution >= 4 is 0 Å². The molecule has 11 heavy (non-hydrogen) atoms. The molecule has 0 aliphatic carbocycles. The highest BCUT2D eigenvalue weighted by Gasteiger charge is 1.97. The molecule has 1 aromatic heterocycles. The number of imidazole rings is 1. The van der Waals surface area contributed by atoms with Gasteiger partial charge in [-0.15, -0.1) is 6.58 Å². The molecule has 0 spiro atoms. The molecule has 0 amide bonds. The third kappa shape index (κ3) is 2.11. The molecule has 1 aromatic rings. The Labute approximate surface area is 66.7 Å². The van der Waals surface area contributed by atoms with Crippen LogP contribution in [0.5, 0.6) is 0 Å². The molecular weight excluding hydrogens is 138 g/mol. The van der Waals surface area contributed by atoms with Crippen molar-refractivity contribution in [2.24, 2.45) is 0 Å².